The van der Waals surface area contributed by atoms with Crippen LogP contribution in [0.2, 0.25) is 0 Å². The van der Waals surface area contributed by atoms with Crippen molar-refractivity contribution < 1.29 is 24.0 Å². The number of likely N-dealkylation sites (N-methyl/N-ethyl adjacent to an activating group) is 1. The van der Waals surface area contributed by atoms with Crippen LogP contribution in [0.25, 0.3) is 0 Å². The van der Waals surface area contributed by atoms with Crippen LogP contribution in [0.5, 0.6) is 0 Å². The number of likely N-dealkylation sites (tertiary alicyclic amines) is 1. The topological polar surface area (TPSA) is 169 Å². The summed E-state index contributed by atoms with van der Waals surface area (Å²) in [6.07, 6.45) is 3.02. The van der Waals surface area contributed by atoms with Crippen molar-refractivity contribution in [2.45, 2.75) is 50.4 Å². The molecule has 1 unspecified atom stereocenters. The molecule has 5 amide bonds. The SMILES string of the molecule is CN1C[C@@H](Nc2cnn(C)c(=O)c2Br)C[C@@H](c2ccc(C(=O)N3CCN(Cc4ccc(C(=O)Nc5ccc6c(c5)CN(C5CCC(=O)NC5=O)C6=O)cc4)CC3)cc2)C1. The molecule has 0 radical (unpaired) electrons. The van der Waals surface area contributed by atoms with E-state index in [0.29, 0.717) is 57.7 Å². The van der Waals surface area contributed by atoms with Gasteiger partial charge in [0.05, 0.1) is 11.9 Å². The third kappa shape index (κ3) is 8.70. The fourth-order valence-electron chi connectivity index (χ4n) is 8.56. The van der Waals surface area contributed by atoms with Gasteiger partial charge in [-0.15, -0.1) is 0 Å². The Hall–Kier alpha value is -5.71. The molecule has 306 valence electrons. The molecule has 3 N–H and O–H groups in total. The number of aromatic nitrogens is 2. The second-order valence-electron chi connectivity index (χ2n) is 15.9. The van der Waals surface area contributed by atoms with Crippen LogP contribution in [0, 0.1) is 0 Å². The van der Waals surface area contributed by atoms with Crippen molar-refractivity contribution in [1.82, 2.24) is 34.7 Å². The third-order valence-corrected chi connectivity index (χ3v) is 12.5. The summed E-state index contributed by atoms with van der Waals surface area (Å²) in [5.74, 6) is -1.05. The number of aryl methyl sites for hydroxylation is 1. The third-order valence-electron chi connectivity index (χ3n) is 11.8. The standard InChI is InChI=1S/C43H46BrN9O6/c1-49-23-30(19-33(25-49)46-35-21-45-50(2)43(59)38(35)44)27-7-9-29(10-8-27)41(57)52-17-15-51(16-18-52)22-26-3-5-28(6-4-26)39(55)47-32-11-12-34-31(20-32)24-53(42(34)58)36-13-14-37(54)48-40(36)56/h3-12,20-21,30,33,36,46H,13-19,22-25H2,1-2H3,(H,47,55)(H,48,54,56)/t30-,33+,36?/m1/s1. The lowest BCUT2D eigenvalue weighted by atomic mass is 9.87. The summed E-state index contributed by atoms with van der Waals surface area (Å²) in [6, 6.07) is 20.0. The van der Waals surface area contributed by atoms with Gasteiger partial charge in [-0.05, 0) is 101 Å². The molecule has 4 aromatic rings. The van der Waals surface area contributed by atoms with Gasteiger partial charge in [-0.1, -0.05) is 24.3 Å². The molecular formula is C43H46BrN9O6. The Morgan fingerprint density at radius 3 is 2.36 bits per heavy atom. The summed E-state index contributed by atoms with van der Waals surface area (Å²) in [7, 11) is 3.72. The molecule has 5 heterocycles. The van der Waals surface area contributed by atoms with E-state index in [1.54, 1.807) is 43.6 Å². The Labute approximate surface area is 349 Å². The van der Waals surface area contributed by atoms with Gasteiger partial charge in [0, 0.05) is 94.2 Å². The van der Waals surface area contributed by atoms with E-state index in [1.165, 1.54) is 15.1 Å². The van der Waals surface area contributed by atoms with Gasteiger partial charge in [-0.25, -0.2) is 4.68 Å². The molecule has 0 bridgehead atoms. The van der Waals surface area contributed by atoms with E-state index in [9.17, 15) is 28.8 Å². The molecule has 59 heavy (non-hydrogen) atoms. The molecule has 3 fully saturated rings. The number of carbonyl (C=O) groups is 5. The van der Waals surface area contributed by atoms with Crippen LogP contribution in [0.3, 0.4) is 0 Å². The van der Waals surface area contributed by atoms with Gasteiger partial charge in [0.25, 0.3) is 23.3 Å². The minimum atomic E-state index is -0.698. The van der Waals surface area contributed by atoms with Crippen molar-refractivity contribution in [3.8, 4) is 0 Å². The number of hydrogen-bond donors (Lipinski definition) is 3. The molecule has 15 nitrogen and oxygen atoms in total. The minimum absolute atomic E-state index is 0.0245. The lowest BCUT2D eigenvalue weighted by Gasteiger charge is -2.37. The molecule has 3 saturated heterocycles. The molecule has 0 aliphatic carbocycles. The lowest BCUT2D eigenvalue weighted by molar-refractivity contribution is -0.136. The van der Waals surface area contributed by atoms with Crippen molar-refractivity contribution >= 4 is 56.8 Å². The zero-order valence-corrected chi connectivity index (χ0v) is 34.5. The van der Waals surface area contributed by atoms with Crippen LogP contribution < -0.4 is 21.5 Å². The van der Waals surface area contributed by atoms with E-state index in [1.807, 2.05) is 29.2 Å². The predicted octanol–water partition coefficient (Wildman–Crippen LogP) is 3.41. The summed E-state index contributed by atoms with van der Waals surface area (Å²) in [4.78, 5) is 84.0. The van der Waals surface area contributed by atoms with Crippen LogP contribution in [0.4, 0.5) is 11.4 Å². The van der Waals surface area contributed by atoms with Gasteiger partial charge >= 0.3 is 0 Å². The van der Waals surface area contributed by atoms with Crippen LogP contribution in [-0.4, -0.2) is 117 Å². The van der Waals surface area contributed by atoms with Crippen molar-refractivity contribution in [2.75, 3.05) is 56.9 Å². The van der Waals surface area contributed by atoms with E-state index < -0.39 is 11.9 Å². The maximum atomic E-state index is 13.5. The Balaban J connectivity index is 0.800. The maximum absolute atomic E-state index is 13.5. The van der Waals surface area contributed by atoms with Gasteiger partial charge in [-0.2, -0.15) is 5.10 Å². The number of halogens is 1. The largest absolute Gasteiger partial charge is 0.379 e. The molecule has 3 aromatic carbocycles. The zero-order chi connectivity index (χ0) is 41.4. The highest BCUT2D eigenvalue weighted by Gasteiger charge is 2.39. The van der Waals surface area contributed by atoms with E-state index >= 15 is 0 Å². The van der Waals surface area contributed by atoms with Crippen LogP contribution in [0.1, 0.15) is 72.9 Å². The second kappa shape index (κ2) is 16.9. The Bertz CT molecular complexity index is 2360. The molecule has 0 saturated carbocycles. The van der Waals surface area contributed by atoms with E-state index in [0.717, 1.165) is 38.2 Å². The number of fused-ring (bicyclic) bond motifs is 1. The van der Waals surface area contributed by atoms with Crippen molar-refractivity contribution in [2.24, 2.45) is 7.05 Å². The smallest absolute Gasteiger partial charge is 0.282 e. The fourth-order valence-corrected chi connectivity index (χ4v) is 9.03. The van der Waals surface area contributed by atoms with Crippen molar-refractivity contribution in [3.63, 3.8) is 0 Å². The van der Waals surface area contributed by atoms with Crippen LogP contribution >= 0.6 is 15.9 Å². The van der Waals surface area contributed by atoms with Crippen molar-refractivity contribution in [1.29, 1.82) is 0 Å². The minimum Gasteiger partial charge on any atom is -0.379 e. The van der Waals surface area contributed by atoms with Gasteiger partial charge in [0.2, 0.25) is 11.8 Å². The molecular weight excluding hydrogens is 818 g/mol. The quantitative estimate of drug-likeness (QED) is 0.212. The van der Waals surface area contributed by atoms with Gasteiger partial charge in [0.1, 0.15) is 10.5 Å². The number of anilines is 2. The van der Waals surface area contributed by atoms with E-state index in [-0.39, 0.29) is 60.5 Å². The maximum Gasteiger partial charge on any atom is 0.282 e. The van der Waals surface area contributed by atoms with Crippen molar-refractivity contribution in [3.05, 3.63) is 121 Å². The highest BCUT2D eigenvalue weighted by Crippen LogP contribution is 2.31. The van der Waals surface area contributed by atoms with Crippen LogP contribution in [-0.2, 0) is 29.7 Å². The summed E-state index contributed by atoms with van der Waals surface area (Å²) in [5, 5.41) is 12.9. The summed E-state index contributed by atoms with van der Waals surface area (Å²) < 4.78 is 1.77. The first kappa shape index (κ1) is 40.1. The first-order chi connectivity index (χ1) is 28.4. The second-order valence-corrected chi connectivity index (χ2v) is 16.7. The number of nitrogens with zero attached hydrogens (tertiary/aromatic N) is 6. The predicted molar refractivity (Wildman–Crippen MR) is 224 cm³/mol. The lowest BCUT2D eigenvalue weighted by Crippen LogP contribution is -2.52. The normalized spacial score (nSPS) is 21.3. The monoisotopic (exact) mass is 863 g/mol. The Morgan fingerprint density at radius 2 is 1.63 bits per heavy atom. The number of hydrogen-bond acceptors (Lipinski definition) is 10. The first-order valence-corrected chi connectivity index (χ1v) is 20.7. The average molecular weight is 865 g/mol. The first-order valence-electron chi connectivity index (χ1n) is 19.9. The molecule has 1 aromatic heterocycles. The molecule has 4 aliphatic rings. The molecule has 4 aliphatic heterocycles. The molecule has 8 rings (SSSR count). The molecule has 0 spiro atoms. The molecule has 16 heteroatoms. The summed E-state index contributed by atoms with van der Waals surface area (Å²) in [5.41, 5.74) is 5.64. The number of nitrogens with one attached hydrogen (secondary N) is 3. The van der Waals surface area contributed by atoms with Gasteiger partial charge in [0.15, 0.2) is 0 Å². The number of rotatable bonds is 9. The summed E-state index contributed by atoms with van der Waals surface area (Å²) >= 11 is 3.42. The fraction of sp³-hybridized carbons (Fsp3) is 0.372. The van der Waals surface area contributed by atoms with E-state index in [2.05, 4.69) is 66.0 Å². The Kier molecular flexibility index (Phi) is 11.5. The summed E-state index contributed by atoms with van der Waals surface area (Å²) in [6.45, 7) is 5.36. The van der Waals surface area contributed by atoms with Gasteiger partial charge in [-0.3, -0.25) is 39.0 Å². The number of carbonyl (C=O) groups excluding carboxylic acids is 5. The highest BCUT2D eigenvalue weighted by molar-refractivity contribution is 9.10. The number of imide groups is 1. The van der Waals surface area contributed by atoms with Gasteiger partial charge < -0.3 is 25.3 Å². The number of amides is 5. The Morgan fingerprint density at radius 1 is 0.898 bits per heavy atom. The van der Waals surface area contributed by atoms with E-state index in [4.69, 9.17) is 0 Å². The molecule has 3 atom stereocenters. The highest BCUT2D eigenvalue weighted by atomic mass is 79.9. The number of piperidine rings is 2. The zero-order valence-electron chi connectivity index (χ0n) is 32.9. The average Bonchev–Trinajstić information content (AvgIpc) is 3.55. The van der Waals surface area contributed by atoms with Crippen LogP contribution in [0.15, 0.2) is 82.2 Å². The number of benzene rings is 3. The number of piperazine rings is 1.